The highest BCUT2D eigenvalue weighted by molar-refractivity contribution is 5.94. The molecule has 1 aliphatic rings. The maximum Gasteiger partial charge on any atom is 0.251 e. The molecule has 0 saturated carbocycles. The van der Waals surface area contributed by atoms with E-state index in [1.54, 1.807) is 0 Å². The first kappa shape index (κ1) is 12.1. The summed E-state index contributed by atoms with van der Waals surface area (Å²) in [6, 6.07) is 7.55. The molecule has 1 amide bonds. The molecule has 4 heteroatoms. The van der Waals surface area contributed by atoms with E-state index in [9.17, 15) is 4.79 Å². The van der Waals surface area contributed by atoms with Crippen LogP contribution in [-0.4, -0.2) is 38.3 Å². The first-order valence-corrected chi connectivity index (χ1v) is 5.93. The average molecular weight is 234 g/mol. The minimum atomic E-state index is -0.0424. The predicted octanol–water partition coefficient (Wildman–Crippen LogP) is 0.713. The lowest BCUT2D eigenvalue weighted by Crippen LogP contribution is -2.45. The van der Waals surface area contributed by atoms with Crippen molar-refractivity contribution in [1.29, 1.82) is 0 Å². The summed E-state index contributed by atoms with van der Waals surface area (Å²) < 4.78 is 5.51. The second-order valence-corrected chi connectivity index (χ2v) is 4.27. The van der Waals surface area contributed by atoms with Crippen LogP contribution in [0.5, 0.6) is 0 Å². The fourth-order valence-corrected chi connectivity index (χ4v) is 1.76. The minimum Gasteiger partial charge on any atom is -0.374 e. The topological polar surface area (TPSA) is 50.4 Å². The van der Waals surface area contributed by atoms with Crippen molar-refractivity contribution >= 4 is 5.91 Å². The second-order valence-electron chi connectivity index (χ2n) is 4.27. The van der Waals surface area contributed by atoms with Crippen LogP contribution in [-0.2, 0) is 4.74 Å². The third-order valence-electron chi connectivity index (χ3n) is 2.81. The zero-order valence-corrected chi connectivity index (χ0v) is 10.0. The summed E-state index contributed by atoms with van der Waals surface area (Å²) in [5, 5.41) is 6.11. The van der Waals surface area contributed by atoms with Gasteiger partial charge in [0, 0.05) is 25.2 Å². The number of amides is 1. The van der Waals surface area contributed by atoms with Crippen molar-refractivity contribution < 1.29 is 9.53 Å². The largest absolute Gasteiger partial charge is 0.374 e. The van der Waals surface area contributed by atoms with Gasteiger partial charge in [0.05, 0.1) is 12.7 Å². The summed E-state index contributed by atoms with van der Waals surface area (Å²) in [5.41, 5.74) is 1.85. The van der Waals surface area contributed by atoms with Gasteiger partial charge in [-0.25, -0.2) is 0 Å². The van der Waals surface area contributed by atoms with Crippen LogP contribution >= 0.6 is 0 Å². The Morgan fingerprint density at radius 3 is 2.88 bits per heavy atom. The monoisotopic (exact) mass is 234 g/mol. The Morgan fingerprint density at radius 2 is 2.24 bits per heavy atom. The normalized spacial score (nSPS) is 19.9. The summed E-state index contributed by atoms with van der Waals surface area (Å²) >= 11 is 0. The van der Waals surface area contributed by atoms with Gasteiger partial charge >= 0.3 is 0 Å². The van der Waals surface area contributed by atoms with Crippen LogP contribution in [0.4, 0.5) is 0 Å². The minimum absolute atomic E-state index is 0.0424. The molecule has 1 aromatic carbocycles. The van der Waals surface area contributed by atoms with Crippen LogP contribution < -0.4 is 10.6 Å². The van der Waals surface area contributed by atoms with Gasteiger partial charge in [-0.3, -0.25) is 4.79 Å². The molecule has 2 rings (SSSR count). The molecular formula is C13H18N2O2. The second kappa shape index (κ2) is 5.80. The summed E-state index contributed by atoms with van der Waals surface area (Å²) in [6.07, 6.45) is 0.0816. The molecule has 17 heavy (non-hydrogen) atoms. The first-order chi connectivity index (χ1) is 8.25. The third-order valence-corrected chi connectivity index (χ3v) is 2.81. The van der Waals surface area contributed by atoms with Crippen LogP contribution in [0.25, 0.3) is 0 Å². The zero-order valence-electron chi connectivity index (χ0n) is 10.0. The Hall–Kier alpha value is -1.39. The highest BCUT2D eigenvalue weighted by Crippen LogP contribution is 2.03. The van der Waals surface area contributed by atoms with Crippen molar-refractivity contribution in [3.05, 3.63) is 35.4 Å². The van der Waals surface area contributed by atoms with Gasteiger partial charge in [-0.05, 0) is 19.1 Å². The lowest BCUT2D eigenvalue weighted by atomic mass is 10.1. The molecule has 0 radical (unpaired) electrons. The molecule has 1 saturated heterocycles. The Bertz CT molecular complexity index is 370. The van der Waals surface area contributed by atoms with Gasteiger partial charge in [0.15, 0.2) is 0 Å². The van der Waals surface area contributed by atoms with Gasteiger partial charge in [0.25, 0.3) is 5.91 Å². The smallest absolute Gasteiger partial charge is 0.251 e. The molecule has 1 unspecified atom stereocenters. The third kappa shape index (κ3) is 3.54. The van der Waals surface area contributed by atoms with Crippen molar-refractivity contribution in [3.8, 4) is 0 Å². The SMILES string of the molecule is Cc1ccc(C(=O)NCC2CNCCO2)cc1. The van der Waals surface area contributed by atoms with E-state index >= 15 is 0 Å². The Morgan fingerprint density at radius 1 is 1.47 bits per heavy atom. The van der Waals surface area contributed by atoms with Crippen LogP contribution in [0.1, 0.15) is 15.9 Å². The van der Waals surface area contributed by atoms with Gasteiger partial charge in [-0.1, -0.05) is 17.7 Å². The molecule has 1 fully saturated rings. The number of hydrogen-bond donors (Lipinski definition) is 2. The van der Waals surface area contributed by atoms with Crippen molar-refractivity contribution in [2.45, 2.75) is 13.0 Å². The predicted molar refractivity (Wildman–Crippen MR) is 66.1 cm³/mol. The fraction of sp³-hybridized carbons (Fsp3) is 0.462. The highest BCUT2D eigenvalue weighted by Gasteiger charge is 2.14. The molecule has 0 aromatic heterocycles. The van der Waals surface area contributed by atoms with Crippen LogP contribution in [0.2, 0.25) is 0 Å². The number of morpholine rings is 1. The summed E-state index contributed by atoms with van der Waals surface area (Å²) in [6.45, 7) is 4.96. The Balaban J connectivity index is 1.82. The molecule has 0 bridgehead atoms. The van der Waals surface area contributed by atoms with Gasteiger partial charge in [0.2, 0.25) is 0 Å². The first-order valence-electron chi connectivity index (χ1n) is 5.93. The molecule has 92 valence electrons. The van der Waals surface area contributed by atoms with Gasteiger partial charge in [0.1, 0.15) is 0 Å². The Kier molecular flexibility index (Phi) is 4.12. The van der Waals surface area contributed by atoms with E-state index in [-0.39, 0.29) is 12.0 Å². The lowest BCUT2D eigenvalue weighted by molar-refractivity contribution is 0.0287. The van der Waals surface area contributed by atoms with Crippen LogP contribution in [0, 0.1) is 6.92 Å². The maximum atomic E-state index is 11.8. The molecule has 1 atom stereocenters. The average Bonchev–Trinajstić information content (AvgIpc) is 2.38. The number of aryl methyl sites for hydroxylation is 1. The number of rotatable bonds is 3. The summed E-state index contributed by atoms with van der Waals surface area (Å²) in [4.78, 5) is 11.8. The highest BCUT2D eigenvalue weighted by atomic mass is 16.5. The van der Waals surface area contributed by atoms with E-state index < -0.39 is 0 Å². The zero-order chi connectivity index (χ0) is 12.1. The number of carbonyl (C=O) groups excluding carboxylic acids is 1. The van der Waals surface area contributed by atoms with Crippen molar-refractivity contribution in [1.82, 2.24) is 10.6 Å². The maximum absolute atomic E-state index is 11.8. The van der Waals surface area contributed by atoms with E-state index in [2.05, 4.69) is 10.6 Å². The van der Waals surface area contributed by atoms with Crippen LogP contribution in [0.3, 0.4) is 0 Å². The van der Waals surface area contributed by atoms with E-state index in [1.165, 1.54) is 0 Å². The summed E-state index contributed by atoms with van der Waals surface area (Å²) in [5.74, 6) is -0.0424. The number of benzene rings is 1. The van der Waals surface area contributed by atoms with E-state index in [1.807, 2.05) is 31.2 Å². The molecule has 4 nitrogen and oxygen atoms in total. The molecule has 2 N–H and O–H groups in total. The standard InChI is InChI=1S/C13H18N2O2/c1-10-2-4-11(5-3-10)13(16)15-9-12-8-14-6-7-17-12/h2-5,12,14H,6-9H2,1H3,(H,15,16). The number of ether oxygens (including phenoxy) is 1. The van der Waals surface area contributed by atoms with Crippen molar-refractivity contribution in [2.75, 3.05) is 26.2 Å². The quantitative estimate of drug-likeness (QED) is 0.810. The molecule has 0 aliphatic carbocycles. The molecule has 1 aromatic rings. The molecule has 1 heterocycles. The number of nitrogens with one attached hydrogen (secondary N) is 2. The molecular weight excluding hydrogens is 216 g/mol. The molecule has 0 spiro atoms. The van der Waals surface area contributed by atoms with Gasteiger partial charge < -0.3 is 15.4 Å². The Labute approximate surface area is 101 Å². The van der Waals surface area contributed by atoms with E-state index in [4.69, 9.17) is 4.74 Å². The fourth-order valence-electron chi connectivity index (χ4n) is 1.76. The molecule has 1 aliphatic heterocycles. The van der Waals surface area contributed by atoms with Crippen molar-refractivity contribution in [3.63, 3.8) is 0 Å². The summed E-state index contributed by atoms with van der Waals surface area (Å²) in [7, 11) is 0. The van der Waals surface area contributed by atoms with Gasteiger partial charge in [-0.2, -0.15) is 0 Å². The van der Waals surface area contributed by atoms with Crippen LogP contribution in [0.15, 0.2) is 24.3 Å². The van der Waals surface area contributed by atoms with Gasteiger partial charge in [-0.15, -0.1) is 0 Å². The lowest BCUT2D eigenvalue weighted by Gasteiger charge is -2.23. The number of carbonyl (C=O) groups is 1. The van der Waals surface area contributed by atoms with E-state index in [0.717, 1.165) is 18.7 Å². The van der Waals surface area contributed by atoms with Crippen molar-refractivity contribution in [2.24, 2.45) is 0 Å². The number of hydrogen-bond acceptors (Lipinski definition) is 3. The van der Waals surface area contributed by atoms with E-state index in [0.29, 0.717) is 18.7 Å².